The smallest absolute Gasteiger partial charge is 0.247 e. The van der Waals surface area contributed by atoms with E-state index in [2.05, 4.69) is 0 Å². The monoisotopic (exact) mass is 326 g/mol. The third-order valence-corrected chi connectivity index (χ3v) is 4.11. The summed E-state index contributed by atoms with van der Waals surface area (Å²) in [6.45, 7) is 3.85. The molecule has 4 nitrogen and oxygen atoms in total. The Morgan fingerprint density at radius 3 is 2.38 bits per heavy atom. The summed E-state index contributed by atoms with van der Waals surface area (Å²) < 4.78 is 13.8. The SMILES string of the molecule is CC(C)N1C(=O)CN(C(=O)Cc2ccccc2F)c2ccccc21. The van der Waals surface area contributed by atoms with E-state index in [-0.39, 0.29) is 30.8 Å². The summed E-state index contributed by atoms with van der Waals surface area (Å²) in [4.78, 5) is 28.3. The van der Waals surface area contributed by atoms with Crippen LogP contribution in [-0.2, 0) is 16.0 Å². The van der Waals surface area contributed by atoms with E-state index in [0.717, 1.165) is 0 Å². The summed E-state index contributed by atoms with van der Waals surface area (Å²) in [5.41, 5.74) is 1.73. The highest BCUT2D eigenvalue weighted by Crippen LogP contribution is 2.35. The first-order valence-corrected chi connectivity index (χ1v) is 7.94. The minimum Gasteiger partial charge on any atom is -0.306 e. The molecule has 0 aromatic heterocycles. The number of carbonyl (C=O) groups excluding carboxylic acids is 2. The Morgan fingerprint density at radius 1 is 1.08 bits per heavy atom. The second-order valence-corrected chi connectivity index (χ2v) is 6.09. The summed E-state index contributed by atoms with van der Waals surface area (Å²) >= 11 is 0. The molecule has 24 heavy (non-hydrogen) atoms. The van der Waals surface area contributed by atoms with Crippen molar-refractivity contribution in [2.75, 3.05) is 16.3 Å². The molecule has 0 aliphatic carbocycles. The number of amides is 2. The van der Waals surface area contributed by atoms with Gasteiger partial charge in [-0.05, 0) is 37.6 Å². The summed E-state index contributed by atoms with van der Waals surface area (Å²) in [6.07, 6.45) is -0.0734. The average Bonchev–Trinajstić information content (AvgIpc) is 2.55. The molecular weight excluding hydrogens is 307 g/mol. The predicted octanol–water partition coefficient (Wildman–Crippen LogP) is 3.16. The molecule has 0 atom stereocenters. The van der Waals surface area contributed by atoms with Crippen molar-refractivity contribution in [1.29, 1.82) is 0 Å². The maximum absolute atomic E-state index is 13.8. The maximum atomic E-state index is 13.8. The average molecular weight is 326 g/mol. The number of hydrogen-bond donors (Lipinski definition) is 0. The third kappa shape index (κ3) is 2.89. The van der Waals surface area contributed by atoms with Crippen molar-refractivity contribution in [2.24, 2.45) is 0 Å². The van der Waals surface area contributed by atoms with Crippen molar-refractivity contribution in [3.63, 3.8) is 0 Å². The van der Waals surface area contributed by atoms with Crippen LogP contribution in [0, 0.1) is 5.82 Å². The minimum absolute atomic E-state index is 0.00229. The van der Waals surface area contributed by atoms with E-state index in [1.54, 1.807) is 23.1 Å². The zero-order valence-corrected chi connectivity index (χ0v) is 13.7. The van der Waals surface area contributed by atoms with Crippen LogP contribution in [0.15, 0.2) is 48.5 Å². The summed E-state index contributed by atoms with van der Waals surface area (Å²) in [7, 11) is 0. The normalized spacial score (nSPS) is 14.1. The Balaban J connectivity index is 1.94. The zero-order chi connectivity index (χ0) is 17.3. The topological polar surface area (TPSA) is 40.6 Å². The molecular formula is C19H19FN2O2. The largest absolute Gasteiger partial charge is 0.306 e. The molecule has 5 heteroatoms. The number of anilines is 2. The molecule has 0 N–H and O–H groups in total. The second-order valence-electron chi connectivity index (χ2n) is 6.09. The summed E-state index contributed by atoms with van der Waals surface area (Å²) in [5.74, 6) is -0.832. The van der Waals surface area contributed by atoms with Crippen molar-refractivity contribution in [2.45, 2.75) is 26.3 Å². The first-order valence-electron chi connectivity index (χ1n) is 7.94. The van der Waals surface area contributed by atoms with Gasteiger partial charge in [-0.25, -0.2) is 4.39 Å². The van der Waals surface area contributed by atoms with E-state index in [1.165, 1.54) is 11.0 Å². The van der Waals surface area contributed by atoms with Crippen LogP contribution in [0.5, 0.6) is 0 Å². The lowest BCUT2D eigenvalue weighted by molar-refractivity contribution is -0.122. The molecule has 2 aromatic carbocycles. The quantitative estimate of drug-likeness (QED) is 0.869. The molecule has 1 aliphatic rings. The molecule has 2 aromatic rings. The highest BCUT2D eigenvalue weighted by atomic mass is 19.1. The van der Waals surface area contributed by atoms with Crippen LogP contribution in [0.3, 0.4) is 0 Å². The van der Waals surface area contributed by atoms with Crippen LogP contribution in [0.25, 0.3) is 0 Å². The van der Waals surface area contributed by atoms with Gasteiger partial charge >= 0.3 is 0 Å². The van der Waals surface area contributed by atoms with E-state index in [0.29, 0.717) is 16.9 Å². The Kier molecular flexibility index (Phi) is 4.34. The summed E-state index contributed by atoms with van der Waals surface area (Å²) in [6, 6.07) is 13.5. The molecule has 124 valence electrons. The molecule has 0 unspecified atom stereocenters. The Bertz CT molecular complexity index is 788. The van der Waals surface area contributed by atoms with Crippen molar-refractivity contribution >= 4 is 23.2 Å². The van der Waals surface area contributed by atoms with Crippen molar-refractivity contribution in [3.8, 4) is 0 Å². The van der Waals surface area contributed by atoms with E-state index in [4.69, 9.17) is 0 Å². The van der Waals surface area contributed by atoms with Gasteiger partial charge in [0, 0.05) is 6.04 Å². The van der Waals surface area contributed by atoms with Gasteiger partial charge in [0.2, 0.25) is 11.8 Å². The Labute approximate surface area is 140 Å². The van der Waals surface area contributed by atoms with E-state index < -0.39 is 5.82 Å². The zero-order valence-electron chi connectivity index (χ0n) is 13.7. The lowest BCUT2D eigenvalue weighted by atomic mass is 10.1. The van der Waals surface area contributed by atoms with Crippen LogP contribution in [0.4, 0.5) is 15.8 Å². The van der Waals surface area contributed by atoms with E-state index in [9.17, 15) is 14.0 Å². The molecule has 0 radical (unpaired) electrons. The highest BCUT2D eigenvalue weighted by Gasteiger charge is 2.33. The fraction of sp³-hybridized carbons (Fsp3) is 0.263. The van der Waals surface area contributed by atoms with Gasteiger partial charge in [-0.2, -0.15) is 0 Å². The molecule has 0 spiro atoms. The van der Waals surface area contributed by atoms with Gasteiger partial charge in [0.1, 0.15) is 12.4 Å². The van der Waals surface area contributed by atoms with Gasteiger partial charge in [-0.3, -0.25) is 9.59 Å². The van der Waals surface area contributed by atoms with Crippen LogP contribution < -0.4 is 9.80 Å². The highest BCUT2D eigenvalue weighted by molar-refractivity contribution is 6.11. The number of benzene rings is 2. The first-order chi connectivity index (χ1) is 11.5. The third-order valence-electron chi connectivity index (χ3n) is 4.11. The fourth-order valence-electron chi connectivity index (χ4n) is 3.02. The lowest BCUT2D eigenvalue weighted by Gasteiger charge is -2.38. The van der Waals surface area contributed by atoms with Crippen LogP contribution in [0.1, 0.15) is 19.4 Å². The molecule has 0 saturated heterocycles. The van der Waals surface area contributed by atoms with Gasteiger partial charge in [0.05, 0.1) is 17.8 Å². The molecule has 0 fully saturated rings. The van der Waals surface area contributed by atoms with Crippen LogP contribution >= 0.6 is 0 Å². The van der Waals surface area contributed by atoms with Gasteiger partial charge in [0.15, 0.2) is 0 Å². The van der Waals surface area contributed by atoms with Crippen molar-refractivity contribution in [1.82, 2.24) is 0 Å². The van der Waals surface area contributed by atoms with E-state index in [1.807, 2.05) is 38.1 Å². The van der Waals surface area contributed by atoms with Gasteiger partial charge < -0.3 is 9.80 Å². The molecule has 1 heterocycles. The molecule has 0 bridgehead atoms. The lowest BCUT2D eigenvalue weighted by Crippen LogP contribution is -2.51. The Hall–Kier alpha value is -2.69. The van der Waals surface area contributed by atoms with Crippen molar-refractivity contribution in [3.05, 3.63) is 59.9 Å². The van der Waals surface area contributed by atoms with Gasteiger partial charge in [-0.15, -0.1) is 0 Å². The Morgan fingerprint density at radius 2 is 1.71 bits per heavy atom. The number of hydrogen-bond acceptors (Lipinski definition) is 2. The predicted molar refractivity (Wildman–Crippen MR) is 91.5 cm³/mol. The molecule has 3 rings (SSSR count). The van der Waals surface area contributed by atoms with Gasteiger partial charge in [-0.1, -0.05) is 30.3 Å². The summed E-state index contributed by atoms with van der Waals surface area (Å²) in [5, 5.41) is 0. The number of nitrogens with zero attached hydrogens (tertiary/aromatic N) is 2. The van der Waals surface area contributed by atoms with Crippen LogP contribution in [-0.4, -0.2) is 24.4 Å². The maximum Gasteiger partial charge on any atom is 0.247 e. The number of carbonyl (C=O) groups is 2. The first kappa shape index (κ1) is 16.2. The van der Waals surface area contributed by atoms with E-state index >= 15 is 0 Å². The van der Waals surface area contributed by atoms with Crippen LogP contribution in [0.2, 0.25) is 0 Å². The number of rotatable bonds is 3. The molecule has 0 saturated carbocycles. The van der Waals surface area contributed by atoms with Gasteiger partial charge in [0.25, 0.3) is 0 Å². The molecule has 2 amide bonds. The second kappa shape index (κ2) is 6.43. The standard InChI is InChI=1S/C19H19FN2O2/c1-13(2)22-17-10-6-5-9-16(17)21(12-19(22)24)18(23)11-14-7-3-4-8-15(14)20/h3-10,13H,11-12H2,1-2H3. The number of halogens is 1. The number of para-hydroxylation sites is 2. The van der Waals surface area contributed by atoms with Crippen molar-refractivity contribution < 1.29 is 14.0 Å². The fourth-order valence-corrected chi connectivity index (χ4v) is 3.02. The minimum atomic E-state index is -0.411. The molecule has 1 aliphatic heterocycles. The number of fused-ring (bicyclic) bond motifs is 1.